The topological polar surface area (TPSA) is 22.1 Å². The van der Waals surface area contributed by atoms with Gasteiger partial charge in [-0.1, -0.05) is 11.3 Å². The van der Waals surface area contributed by atoms with E-state index in [1.54, 1.807) is 0 Å². The summed E-state index contributed by atoms with van der Waals surface area (Å²) in [6.45, 7) is 0.984. The summed E-state index contributed by atoms with van der Waals surface area (Å²) >= 11 is 0.877. The standard InChI is InChI=1S/C26H12F11NOS2/c1-9-11(7-14(40-9)15-18(27)20(29)22(31)21(30)19(15)28)16-17(25(34,35)26(36,37)24(16,32)33)12-8-13(41-23(12)39-2)10-3-5-38-6-4-10/h3-8H,1-2H3. The van der Waals surface area contributed by atoms with Crippen LogP contribution in [0.4, 0.5) is 48.3 Å². The van der Waals surface area contributed by atoms with Crippen LogP contribution in [0.25, 0.3) is 32.0 Å². The first-order chi connectivity index (χ1) is 19.1. The van der Waals surface area contributed by atoms with Gasteiger partial charge in [-0.3, -0.25) is 4.98 Å². The van der Waals surface area contributed by atoms with E-state index >= 15 is 17.6 Å². The second-order valence-electron chi connectivity index (χ2n) is 8.75. The van der Waals surface area contributed by atoms with Crippen LogP contribution in [0.15, 0.2) is 36.7 Å². The molecule has 0 amide bonds. The van der Waals surface area contributed by atoms with Gasteiger partial charge < -0.3 is 4.74 Å². The van der Waals surface area contributed by atoms with E-state index in [4.69, 9.17) is 4.74 Å². The molecule has 0 atom stereocenters. The normalized spacial score (nSPS) is 17.4. The summed E-state index contributed by atoms with van der Waals surface area (Å²) in [7, 11) is 1.01. The highest BCUT2D eigenvalue weighted by Crippen LogP contribution is 2.67. The molecule has 0 saturated carbocycles. The maximum atomic E-state index is 15.4. The number of rotatable bonds is 5. The number of aryl methyl sites for hydroxylation is 1. The maximum Gasteiger partial charge on any atom is 0.380 e. The highest BCUT2D eigenvalue weighted by atomic mass is 32.1. The second kappa shape index (κ2) is 9.54. The third kappa shape index (κ3) is 3.99. The molecule has 0 unspecified atom stereocenters. The van der Waals surface area contributed by atoms with Crippen LogP contribution in [0, 0.1) is 36.0 Å². The smallest absolute Gasteiger partial charge is 0.380 e. The number of methoxy groups -OCH3 is 1. The molecule has 0 fully saturated rings. The number of thiophene rings is 2. The lowest BCUT2D eigenvalue weighted by atomic mass is 9.95. The summed E-state index contributed by atoms with van der Waals surface area (Å²) in [5.41, 5.74) is -6.65. The van der Waals surface area contributed by atoms with E-state index in [1.165, 1.54) is 24.5 Å². The van der Waals surface area contributed by atoms with Crippen LogP contribution in [0.2, 0.25) is 0 Å². The first-order valence-corrected chi connectivity index (χ1v) is 12.8. The van der Waals surface area contributed by atoms with E-state index in [1.807, 2.05) is 0 Å². The number of ether oxygens (including phenoxy) is 1. The van der Waals surface area contributed by atoms with Crippen molar-refractivity contribution in [2.24, 2.45) is 0 Å². The molecule has 3 heterocycles. The van der Waals surface area contributed by atoms with Crippen LogP contribution in [0.5, 0.6) is 5.06 Å². The molecular formula is C26H12F11NOS2. The number of hydrogen-bond acceptors (Lipinski definition) is 4. The summed E-state index contributed by atoms with van der Waals surface area (Å²) in [6.07, 6.45) is 2.68. The van der Waals surface area contributed by atoms with Gasteiger partial charge in [0.2, 0.25) is 5.82 Å². The number of allylic oxidation sites excluding steroid dienone is 2. The number of hydrogen-bond donors (Lipinski definition) is 0. The minimum atomic E-state index is -5.98. The Hall–Kier alpha value is -3.46. The van der Waals surface area contributed by atoms with Crippen LogP contribution in [-0.4, -0.2) is 29.9 Å². The molecule has 2 nitrogen and oxygen atoms in total. The molecule has 4 aromatic rings. The zero-order valence-corrected chi connectivity index (χ0v) is 21.9. The van der Waals surface area contributed by atoms with Crippen molar-refractivity contribution < 1.29 is 53.0 Å². The Balaban J connectivity index is 1.83. The fraction of sp³-hybridized carbons (Fsp3) is 0.192. The van der Waals surface area contributed by atoms with Gasteiger partial charge in [-0.05, 0) is 42.3 Å². The minimum absolute atomic E-state index is 0.171. The fourth-order valence-electron chi connectivity index (χ4n) is 4.47. The lowest BCUT2D eigenvalue weighted by molar-refractivity contribution is -0.254. The zero-order chi connectivity index (χ0) is 30.2. The highest BCUT2D eigenvalue weighted by molar-refractivity contribution is 7.17. The highest BCUT2D eigenvalue weighted by Gasteiger charge is 2.80. The summed E-state index contributed by atoms with van der Waals surface area (Å²) in [6, 6.07) is 4.26. The molecule has 3 aromatic heterocycles. The molecule has 0 saturated heterocycles. The fourth-order valence-corrected chi connectivity index (χ4v) is 6.51. The summed E-state index contributed by atoms with van der Waals surface area (Å²) in [5.74, 6) is -28.8. The predicted molar refractivity (Wildman–Crippen MR) is 130 cm³/mol. The Labute approximate surface area is 231 Å². The van der Waals surface area contributed by atoms with Crippen LogP contribution in [0.1, 0.15) is 16.0 Å². The number of pyridine rings is 1. The van der Waals surface area contributed by atoms with Gasteiger partial charge >= 0.3 is 17.8 Å². The lowest BCUT2D eigenvalue weighted by Gasteiger charge is -2.25. The monoisotopic (exact) mass is 627 g/mol. The molecular weight excluding hydrogens is 615 g/mol. The van der Waals surface area contributed by atoms with Gasteiger partial charge in [0.25, 0.3) is 0 Å². The number of aromatic nitrogens is 1. The average molecular weight is 628 g/mol. The number of alkyl halides is 6. The van der Waals surface area contributed by atoms with Gasteiger partial charge in [-0.25, -0.2) is 22.0 Å². The molecule has 1 aliphatic carbocycles. The SMILES string of the molecule is COc1sc(-c2ccncc2)cc1C1=C(c2cc(-c3c(F)c(F)c(F)c(F)c3F)sc2C)C(F)(F)C(F)(F)C1(F)F. The summed E-state index contributed by atoms with van der Waals surface area (Å²) in [4.78, 5) is 2.69. The van der Waals surface area contributed by atoms with Crippen molar-refractivity contribution in [3.8, 4) is 25.9 Å². The van der Waals surface area contributed by atoms with Gasteiger partial charge in [0, 0.05) is 43.7 Å². The van der Waals surface area contributed by atoms with Crippen molar-refractivity contribution in [1.82, 2.24) is 4.98 Å². The molecule has 1 aromatic carbocycles. The van der Waals surface area contributed by atoms with E-state index in [9.17, 15) is 30.7 Å². The molecule has 41 heavy (non-hydrogen) atoms. The maximum absolute atomic E-state index is 15.4. The van der Waals surface area contributed by atoms with E-state index < -0.39 is 89.5 Å². The van der Waals surface area contributed by atoms with Crippen LogP contribution in [-0.2, 0) is 0 Å². The van der Waals surface area contributed by atoms with Crippen molar-refractivity contribution in [1.29, 1.82) is 0 Å². The third-order valence-electron chi connectivity index (χ3n) is 6.43. The molecule has 5 rings (SSSR count). The van der Waals surface area contributed by atoms with Crippen molar-refractivity contribution >= 4 is 33.8 Å². The van der Waals surface area contributed by atoms with Crippen molar-refractivity contribution in [2.45, 2.75) is 24.7 Å². The third-order valence-corrected chi connectivity index (χ3v) is 8.64. The van der Waals surface area contributed by atoms with Crippen molar-refractivity contribution in [3.63, 3.8) is 0 Å². The summed E-state index contributed by atoms with van der Waals surface area (Å²) < 4.78 is 166. The van der Waals surface area contributed by atoms with Crippen molar-refractivity contribution in [3.05, 3.63) is 81.7 Å². The molecule has 15 heteroatoms. The Bertz CT molecular complexity index is 1700. The molecule has 1 aliphatic rings. The van der Waals surface area contributed by atoms with E-state index in [2.05, 4.69) is 4.98 Å². The van der Waals surface area contributed by atoms with E-state index in [-0.39, 0.29) is 16.2 Å². The minimum Gasteiger partial charge on any atom is -0.487 e. The van der Waals surface area contributed by atoms with E-state index in [0.717, 1.165) is 20.1 Å². The molecule has 0 aliphatic heterocycles. The van der Waals surface area contributed by atoms with Gasteiger partial charge in [0.1, 0.15) is 0 Å². The quantitative estimate of drug-likeness (QED) is 0.125. The summed E-state index contributed by atoms with van der Waals surface area (Å²) in [5, 5.41) is -0.426. The molecule has 0 radical (unpaired) electrons. The second-order valence-corrected chi connectivity index (χ2v) is 11.0. The molecule has 216 valence electrons. The first-order valence-electron chi connectivity index (χ1n) is 11.2. The lowest BCUT2D eigenvalue weighted by Crippen LogP contribution is -2.48. The average Bonchev–Trinajstić information content (AvgIpc) is 3.54. The van der Waals surface area contributed by atoms with Crippen LogP contribution in [0.3, 0.4) is 0 Å². The first kappa shape index (κ1) is 29.0. The Morgan fingerprint density at radius 3 is 1.71 bits per heavy atom. The largest absolute Gasteiger partial charge is 0.487 e. The number of halogens is 11. The Kier molecular flexibility index (Phi) is 6.76. The molecule has 0 bridgehead atoms. The van der Waals surface area contributed by atoms with Gasteiger partial charge in [-0.2, -0.15) is 26.3 Å². The van der Waals surface area contributed by atoms with Crippen LogP contribution >= 0.6 is 22.7 Å². The zero-order valence-electron chi connectivity index (χ0n) is 20.3. The Morgan fingerprint density at radius 2 is 1.17 bits per heavy atom. The van der Waals surface area contributed by atoms with Gasteiger partial charge in [-0.15, -0.1) is 11.3 Å². The predicted octanol–water partition coefficient (Wildman–Crippen LogP) is 9.38. The number of nitrogens with zero attached hydrogens (tertiary/aromatic N) is 1. The van der Waals surface area contributed by atoms with Crippen LogP contribution < -0.4 is 4.74 Å². The van der Waals surface area contributed by atoms with E-state index in [0.29, 0.717) is 23.0 Å². The van der Waals surface area contributed by atoms with Crippen molar-refractivity contribution in [2.75, 3.05) is 7.11 Å². The Morgan fingerprint density at radius 1 is 0.683 bits per heavy atom. The van der Waals surface area contributed by atoms with Gasteiger partial charge in [0.15, 0.2) is 28.3 Å². The molecule has 0 spiro atoms. The number of benzene rings is 1. The van der Waals surface area contributed by atoms with Gasteiger partial charge in [0.05, 0.1) is 12.7 Å². The molecule has 0 N–H and O–H groups in total.